The molecule has 3 aromatic carbocycles. The molecule has 8 amide bonds. The number of phenols is 2. The van der Waals surface area contributed by atoms with E-state index in [0.29, 0.717) is 16.7 Å². The number of aryl methyl sites for hydroxylation is 1. The van der Waals surface area contributed by atoms with Gasteiger partial charge in [-0.05, 0) is 93.3 Å². The molecule has 0 saturated carbocycles. The molecule has 2 aliphatic rings. The zero-order chi connectivity index (χ0) is 59.9. The Kier molecular flexibility index (Phi) is 22.8. The first kappa shape index (κ1) is 63.8. The van der Waals surface area contributed by atoms with E-state index in [1.807, 2.05) is 0 Å². The number of likely N-dealkylation sites (N-methyl/N-ethyl adjacent to an activating group) is 1. The molecular weight excluding hydrogens is 1080 g/mol. The highest BCUT2D eigenvalue weighted by atomic mass is 32.3. The molecule has 5 rings (SSSR count). The van der Waals surface area contributed by atoms with Crippen molar-refractivity contribution in [3.05, 3.63) is 107 Å². The van der Waals surface area contributed by atoms with Crippen molar-refractivity contribution in [2.75, 3.05) is 20.8 Å². The maximum Gasteiger partial charge on any atom is 0.397 e. The maximum atomic E-state index is 15.2. The smallest absolute Gasteiger partial charge is 0.397 e. The van der Waals surface area contributed by atoms with Crippen LogP contribution in [0.2, 0.25) is 0 Å². The molecule has 3 aromatic rings. The molecule has 10 N–H and O–H groups in total. The van der Waals surface area contributed by atoms with Crippen molar-refractivity contribution in [3.8, 4) is 11.5 Å². The van der Waals surface area contributed by atoms with Gasteiger partial charge in [0.2, 0.25) is 29.5 Å². The molecule has 0 unspecified atom stereocenters. The number of aliphatic hydroxyl groups is 1. The molecule has 0 spiro atoms. The van der Waals surface area contributed by atoms with E-state index < -0.39 is 143 Å². The Morgan fingerprint density at radius 3 is 1.96 bits per heavy atom. The topological polar surface area (TPSA) is 375 Å². The molecule has 81 heavy (non-hydrogen) atoms. The van der Waals surface area contributed by atoms with Crippen molar-refractivity contribution in [2.45, 2.75) is 134 Å². The monoisotopic (exact) mass is 1150 g/mol. The maximum absolute atomic E-state index is 15.2. The molecule has 0 aliphatic carbocycles. The summed E-state index contributed by atoms with van der Waals surface area (Å²) in [6, 6.07) is 9.78. The van der Waals surface area contributed by atoms with Crippen LogP contribution in [-0.2, 0) is 86.5 Å². The summed E-state index contributed by atoms with van der Waals surface area (Å²) in [5, 5.41) is 45.0. The van der Waals surface area contributed by atoms with Crippen LogP contribution in [0.4, 0.5) is 0 Å². The van der Waals surface area contributed by atoms with Crippen LogP contribution < -0.4 is 31.9 Å². The van der Waals surface area contributed by atoms with E-state index in [1.165, 1.54) is 87.5 Å². The van der Waals surface area contributed by atoms with Crippen molar-refractivity contribution < 1.29 is 85.1 Å². The van der Waals surface area contributed by atoms with Gasteiger partial charge in [0.15, 0.2) is 6.10 Å². The van der Waals surface area contributed by atoms with Crippen molar-refractivity contribution >= 4 is 63.6 Å². The first-order valence-corrected chi connectivity index (χ1v) is 27.3. The number of aliphatic hydroxyl groups excluding tert-OH is 1. The molecular formula is C54H70N8O18S. The predicted molar refractivity (Wildman–Crippen MR) is 287 cm³/mol. The summed E-state index contributed by atoms with van der Waals surface area (Å²) < 4.78 is 46.6. The van der Waals surface area contributed by atoms with Crippen LogP contribution in [0.1, 0.15) is 70.6 Å². The lowest BCUT2D eigenvalue weighted by atomic mass is 9.95. The minimum absolute atomic E-state index is 0.00331. The number of ether oxygens (including phenoxy) is 2. The van der Waals surface area contributed by atoms with Crippen molar-refractivity contribution in [1.82, 2.24) is 41.7 Å². The van der Waals surface area contributed by atoms with E-state index in [0.717, 1.165) is 11.8 Å². The normalized spacial score (nSPS) is 23.3. The number of fused-ring (bicyclic) bond motifs is 2. The zero-order valence-corrected chi connectivity index (χ0v) is 46.5. The summed E-state index contributed by atoms with van der Waals surface area (Å²) in [6.45, 7) is 5.71. The number of esters is 1. The van der Waals surface area contributed by atoms with E-state index in [2.05, 4.69) is 36.1 Å². The Morgan fingerprint density at radius 2 is 1.38 bits per heavy atom. The number of rotatable bonds is 18. The number of aromatic hydroxyl groups is 2. The summed E-state index contributed by atoms with van der Waals surface area (Å²) in [4.78, 5) is 132. The highest BCUT2D eigenvalue weighted by Gasteiger charge is 2.46. The van der Waals surface area contributed by atoms with E-state index in [9.17, 15) is 62.1 Å². The minimum Gasteiger partial charge on any atom is -0.508 e. The van der Waals surface area contributed by atoms with Crippen LogP contribution in [0.3, 0.4) is 0 Å². The number of hydrogen-bond donors (Lipinski definition) is 10. The SMILES string of the molecule is C/C=C1\NC(=O)[C@@H](NC(=O)[C@H](CCc2ccc(O)cc2)NC(=O)[C@H](C)NC(=O)[C@H](O)COS(=O)(=O)O)[C@@H](C)OC(=O)[C@H](C(C)C)NC(=O)[C@H](Cc2ccc(O)cc2)N(C)C(=O)[C@H](Cc2ccccc2)N2C(=O)[C@H](CC[C@H]2OC)NC1=O. The first-order valence-electron chi connectivity index (χ1n) is 25.9. The number of piperidine rings is 1. The fourth-order valence-corrected chi connectivity index (χ4v) is 9.27. The van der Waals surface area contributed by atoms with Gasteiger partial charge in [-0.2, -0.15) is 8.42 Å². The fraction of sp³-hybridized carbons (Fsp3) is 0.463. The number of nitrogens with zero attached hydrogens (tertiary/aromatic N) is 2. The van der Waals surface area contributed by atoms with Crippen LogP contribution in [0.25, 0.3) is 0 Å². The van der Waals surface area contributed by atoms with Crippen LogP contribution in [0.5, 0.6) is 11.5 Å². The van der Waals surface area contributed by atoms with Crippen molar-refractivity contribution in [2.24, 2.45) is 5.92 Å². The number of carbonyl (C=O) groups is 9. The van der Waals surface area contributed by atoms with Gasteiger partial charge in [0.05, 0.1) is 0 Å². The van der Waals surface area contributed by atoms with Gasteiger partial charge in [0.25, 0.3) is 17.7 Å². The Bertz CT molecular complexity index is 2890. The van der Waals surface area contributed by atoms with E-state index >= 15 is 4.79 Å². The minimum atomic E-state index is -5.06. The molecule has 0 radical (unpaired) electrons. The molecule has 2 fully saturated rings. The molecule has 26 nitrogen and oxygen atoms in total. The van der Waals surface area contributed by atoms with Gasteiger partial charge >= 0.3 is 16.4 Å². The van der Waals surface area contributed by atoms with Gasteiger partial charge in [-0.15, -0.1) is 0 Å². The largest absolute Gasteiger partial charge is 0.508 e. The van der Waals surface area contributed by atoms with E-state index in [4.69, 9.17) is 14.0 Å². The number of hydrogen-bond acceptors (Lipinski definition) is 17. The zero-order valence-electron chi connectivity index (χ0n) is 45.7. The number of methoxy groups -OCH3 is 1. The molecule has 2 heterocycles. The average Bonchev–Trinajstić information content (AvgIpc) is 3.52. The highest BCUT2D eigenvalue weighted by molar-refractivity contribution is 7.80. The number of nitrogens with one attached hydrogen (secondary N) is 6. The molecule has 27 heteroatoms. The number of cyclic esters (lactones) is 1. The predicted octanol–water partition coefficient (Wildman–Crippen LogP) is -0.448. The van der Waals surface area contributed by atoms with Crippen molar-refractivity contribution in [1.29, 1.82) is 0 Å². The summed E-state index contributed by atoms with van der Waals surface area (Å²) in [5.74, 6) is -9.88. The second kappa shape index (κ2) is 28.9. The van der Waals surface area contributed by atoms with Gasteiger partial charge in [-0.1, -0.05) is 74.5 Å². The Hall–Kier alpha value is -7.98. The quantitative estimate of drug-likeness (QED) is 0.0438. The lowest BCUT2D eigenvalue weighted by molar-refractivity contribution is -0.168. The lowest BCUT2D eigenvalue weighted by Gasteiger charge is -2.44. The van der Waals surface area contributed by atoms with E-state index in [1.54, 1.807) is 44.2 Å². The second-order valence-electron chi connectivity index (χ2n) is 19.9. The summed E-state index contributed by atoms with van der Waals surface area (Å²) in [6.07, 6.45) is -3.99. The third kappa shape index (κ3) is 18.0. The lowest BCUT2D eigenvalue weighted by Crippen LogP contribution is -2.65. The number of benzene rings is 3. The van der Waals surface area contributed by atoms with Crippen LogP contribution in [-0.4, -0.2) is 173 Å². The molecule has 10 atom stereocenters. The summed E-state index contributed by atoms with van der Waals surface area (Å²) >= 11 is 0. The fourth-order valence-electron chi connectivity index (χ4n) is 8.97. The van der Waals surface area contributed by atoms with Gasteiger partial charge < -0.3 is 66.5 Å². The van der Waals surface area contributed by atoms with Gasteiger partial charge in [0, 0.05) is 27.0 Å². The summed E-state index contributed by atoms with van der Waals surface area (Å²) in [7, 11) is -2.34. The summed E-state index contributed by atoms with van der Waals surface area (Å²) in [5.41, 5.74) is 1.24. The number of phenolic OH excluding ortho intramolecular Hbond substituents is 2. The molecule has 440 valence electrons. The van der Waals surface area contributed by atoms with Crippen LogP contribution in [0, 0.1) is 5.92 Å². The molecule has 0 aromatic heterocycles. The van der Waals surface area contributed by atoms with Crippen LogP contribution in [0.15, 0.2) is 90.6 Å². The number of amides is 8. The molecule has 2 bridgehead atoms. The third-order valence-electron chi connectivity index (χ3n) is 13.6. The van der Waals surface area contributed by atoms with Gasteiger partial charge in [0.1, 0.15) is 78.4 Å². The van der Waals surface area contributed by atoms with Crippen molar-refractivity contribution in [3.63, 3.8) is 0 Å². The third-order valence-corrected chi connectivity index (χ3v) is 14.0. The Balaban J connectivity index is 1.56. The molecule has 2 saturated heterocycles. The first-order chi connectivity index (χ1) is 38.2. The standard InChI is InChI=1S/C54H70N8O18S/c1-8-37-47(67)58-39-24-25-43(78-7)62(52(39)72)41(27-33-12-10-9-11-13-33)53(73)61(6)40(26-34-16-21-36(64)22-17-34)49(69)59-44(29(2)3)54(74)80-31(5)45(51(71)56-37)60-48(68)38(23-18-32-14-19-35(63)20-15-32)57-46(66)30(4)55-50(70)42(65)28-79-81(75,76)77/h8-17,19-22,29-31,38-45,63-65H,18,23-28H2,1-7H3,(H,55,70)(H,56,71)(H,57,66)(H,58,67)(H,59,69)(H,60,68)(H,75,76,77)/b37-8-/t30-,31+,38-,39-,40-,41-,42+,43+,44-,45-/m0/s1. The average molecular weight is 1150 g/mol. The molecule has 2 aliphatic heterocycles. The van der Waals surface area contributed by atoms with Gasteiger partial charge in [-0.25, -0.2) is 8.98 Å². The second-order valence-corrected chi connectivity index (χ2v) is 20.9. The Labute approximate surface area is 468 Å². The number of carbonyl (C=O) groups excluding carboxylic acids is 9. The highest BCUT2D eigenvalue weighted by Crippen LogP contribution is 2.27. The van der Waals surface area contributed by atoms with E-state index in [-0.39, 0.29) is 50.0 Å². The Morgan fingerprint density at radius 1 is 0.790 bits per heavy atom. The van der Waals surface area contributed by atoms with Gasteiger partial charge in [-0.3, -0.25) is 42.9 Å². The van der Waals surface area contributed by atoms with Crippen LogP contribution >= 0.6 is 0 Å². The number of allylic oxidation sites excluding steroid dienone is 1.